The monoisotopic (exact) mass is 948 g/mol. The summed E-state index contributed by atoms with van der Waals surface area (Å²) < 4.78 is 3.34. The second-order valence-corrected chi connectivity index (χ2v) is 18.3. The standard InChI is InChI=1S/C29H37.2C10H6Cl.C5H5.CH2.2ClH.Zr/c1-18-25-22-17-19-13-9-10-14-20(19)24(22)21-15-11-12-16-23(21)29(25,8)28(6,7)27(4,5)26(18,2)3;2*11-10-7-3-5-8-4-1-2-6-9(8)10;1-2-4-5-3-1;;;;/h9-11,13-15,23H,12,16-17H2,1-8H3;2*1-3,5-7H;1-3H,4H2;1H2;2*1H;/q4*-1;;;;. The summed E-state index contributed by atoms with van der Waals surface area (Å²) in [6.07, 6.45) is 18.5. The van der Waals surface area contributed by atoms with Gasteiger partial charge in [0.25, 0.3) is 0 Å². The van der Waals surface area contributed by atoms with Gasteiger partial charge in [0.1, 0.15) is 0 Å². The Kier molecular flexibility index (Phi) is 17.0. The van der Waals surface area contributed by atoms with Crippen LogP contribution in [0.3, 0.4) is 0 Å². The van der Waals surface area contributed by atoms with Crippen molar-refractivity contribution in [2.24, 2.45) is 27.6 Å². The van der Waals surface area contributed by atoms with Crippen molar-refractivity contribution in [3.8, 4) is 0 Å². The molecular formula is C55H58Cl4Zr-4. The van der Waals surface area contributed by atoms with Crippen LogP contribution in [0.25, 0.3) is 27.1 Å². The fourth-order valence-electron chi connectivity index (χ4n) is 10.1. The molecule has 10 rings (SSSR count). The van der Waals surface area contributed by atoms with Gasteiger partial charge in [0, 0.05) is 10.0 Å². The van der Waals surface area contributed by atoms with Gasteiger partial charge in [0.05, 0.1) is 0 Å². The van der Waals surface area contributed by atoms with Crippen molar-refractivity contribution in [2.75, 3.05) is 0 Å². The van der Waals surface area contributed by atoms with Gasteiger partial charge in [-0.2, -0.15) is 17.2 Å². The minimum atomic E-state index is 0. The molecular weight excluding hydrogens is 894 g/mol. The quantitative estimate of drug-likeness (QED) is 0.136. The van der Waals surface area contributed by atoms with E-state index in [0.717, 1.165) is 44.4 Å². The zero-order chi connectivity index (χ0) is 41.9. The Labute approximate surface area is 398 Å². The summed E-state index contributed by atoms with van der Waals surface area (Å²) in [5.74, 6) is 2.24. The van der Waals surface area contributed by atoms with Crippen molar-refractivity contribution in [1.29, 1.82) is 0 Å². The van der Waals surface area contributed by atoms with Gasteiger partial charge in [0.2, 0.25) is 0 Å². The Morgan fingerprint density at radius 1 is 0.717 bits per heavy atom. The van der Waals surface area contributed by atoms with E-state index in [9.17, 15) is 0 Å². The van der Waals surface area contributed by atoms with E-state index in [1.807, 2.05) is 84.9 Å². The average Bonchev–Trinajstić information content (AvgIpc) is 3.95. The number of benzene rings is 5. The van der Waals surface area contributed by atoms with E-state index < -0.39 is 0 Å². The Hall–Kier alpha value is -2.90. The Balaban J connectivity index is 0.000000209. The van der Waals surface area contributed by atoms with E-state index in [2.05, 4.69) is 120 Å². The molecule has 0 nitrogen and oxygen atoms in total. The number of hydrogen-bond donors (Lipinski definition) is 0. The zero-order valence-electron chi connectivity index (χ0n) is 36.3. The molecule has 1 saturated carbocycles. The number of halogens is 4. The maximum absolute atomic E-state index is 5.94. The summed E-state index contributed by atoms with van der Waals surface area (Å²) in [4.78, 5) is 0. The average molecular weight is 952 g/mol. The molecule has 0 radical (unpaired) electrons. The molecule has 2 unspecified atom stereocenters. The molecule has 5 aliphatic rings. The second kappa shape index (κ2) is 20.5. The molecule has 2 atom stereocenters. The van der Waals surface area contributed by atoms with E-state index in [1.54, 1.807) is 28.2 Å². The third-order valence-electron chi connectivity index (χ3n) is 14.7. The first kappa shape index (κ1) is 49.8. The van der Waals surface area contributed by atoms with Crippen molar-refractivity contribution in [3.05, 3.63) is 189 Å². The molecule has 0 heterocycles. The molecule has 5 heteroatoms. The molecule has 0 aliphatic heterocycles. The Bertz CT molecular complexity index is 2350. The Morgan fingerprint density at radius 2 is 1.30 bits per heavy atom. The van der Waals surface area contributed by atoms with E-state index in [0.29, 0.717) is 5.92 Å². The molecule has 0 saturated heterocycles. The van der Waals surface area contributed by atoms with Crippen LogP contribution in [0, 0.1) is 51.7 Å². The van der Waals surface area contributed by atoms with Gasteiger partial charge >= 0.3 is 28.4 Å². The fraction of sp³-hybridized carbons (Fsp3) is 0.309. The summed E-state index contributed by atoms with van der Waals surface area (Å²) >= 11 is 13.2. The van der Waals surface area contributed by atoms with Crippen molar-refractivity contribution in [2.45, 2.75) is 81.1 Å². The van der Waals surface area contributed by atoms with Crippen LogP contribution in [-0.4, -0.2) is 4.21 Å². The van der Waals surface area contributed by atoms with Crippen LogP contribution in [0.5, 0.6) is 0 Å². The first-order valence-electron chi connectivity index (χ1n) is 20.5. The normalized spacial score (nSPS) is 21.4. The fourth-order valence-corrected chi connectivity index (χ4v) is 10.6. The molecule has 0 bridgehead atoms. The van der Waals surface area contributed by atoms with Gasteiger partial charge in [-0.05, 0) is 40.6 Å². The van der Waals surface area contributed by atoms with Gasteiger partial charge in [0.15, 0.2) is 0 Å². The summed E-state index contributed by atoms with van der Waals surface area (Å²) in [6.45, 7) is 20.3. The Morgan fingerprint density at radius 3 is 1.82 bits per heavy atom. The van der Waals surface area contributed by atoms with Crippen LogP contribution >= 0.6 is 48.0 Å². The first-order valence-corrected chi connectivity index (χ1v) is 23.0. The molecule has 1 fully saturated rings. The van der Waals surface area contributed by atoms with Gasteiger partial charge in [-0.1, -0.05) is 160 Å². The van der Waals surface area contributed by atoms with Gasteiger partial charge in [-0.3, -0.25) is 6.08 Å². The third kappa shape index (κ3) is 8.84. The molecule has 0 aromatic heterocycles. The van der Waals surface area contributed by atoms with Crippen LogP contribution in [-0.2, 0) is 30.7 Å². The molecule has 0 N–H and O–H groups in total. The number of fused-ring (bicyclic) bond motifs is 8. The van der Waals surface area contributed by atoms with E-state index in [4.69, 9.17) is 23.2 Å². The third-order valence-corrected chi connectivity index (χ3v) is 15.3. The molecule has 5 aliphatic carbocycles. The summed E-state index contributed by atoms with van der Waals surface area (Å²) in [6, 6.07) is 38.7. The van der Waals surface area contributed by atoms with Crippen LogP contribution in [0.2, 0.25) is 10.0 Å². The van der Waals surface area contributed by atoms with Crippen LogP contribution < -0.4 is 0 Å². The predicted octanol–water partition coefficient (Wildman–Crippen LogP) is 16.7. The SMILES string of the molecule is C[C-]1C2=C3Cc4ccccc4C3=C3C=CCCC3C2(C)C(C)(C)C(C)(C)C1(C)C.Cl.Cl.Clc1cccc2[c-]cccc12.Clc1cccc2[c-]cccc12.[C-]1=CC=CC1.[CH2]=[Zr]. The van der Waals surface area contributed by atoms with E-state index >= 15 is 0 Å². The number of rotatable bonds is 0. The van der Waals surface area contributed by atoms with Crippen molar-refractivity contribution in [3.63, 3.8) is 0 Å². The topological polar surface area (TPSA) is 0 Å². The van der Waals surface area contributed by atoms with Crippen molar-refractivity contribution >= 4 is 79.3 Å². The van der Waals surface area contributed by atoms with Crippen LogP contribution in [0.4, 0.5) is 0 Å². The predicted molar refractivity (Wildman–Crippen MR) is 263 cm³/mol. The van der Waals surface area contributed by atoms with Crippen molar-refractivity contribution < 1.29 is 24.2 Å². The van der Waals surface area contributed by atoms with E-state index in [1.165, 1.54) is 48.2 Å². The molecule has 314 valence electrons. The molecule has 60 heavy (non-hydrogen) atoms. The minimum absolute atomic E-state index is 0. The summed E-state index contributed by atoms with van der Waals surface area (Å²) in [7, 11) is 0. The van der Waals surface area contributed by atoms with Crippen LogP contribution in [0.15, 0.2) is 144 Å². The zero-order valence-corrected chi connectivity index (χ0v) is 41.9. The molecule has 5 aromatic rings. The number of allylic oxidation sites excluding steroid dienone is 10. The maximum atomic E-state index is 5.94. The molecule has 5 aromatic carbocycles. The van der Waals surface area contributed by atoms with Gasteiger partial charge < -0.3 is 0 Å². The van der Waals surface area contributed by atoms with Crippen LogP contribution in [0.1, 0.15) is 85.8 Å². The van der Waals surface area contributed by atoms with Gasteiger partial charge in [-0.15, -0.1) is 122 Å². The van der Waals surface area contributed by atoms with E-state index in [-0.39, 0.29) is 46.5 Å². The van der Waals surface area contributed by atoms with Crippen molar-refractivity contribution in [1.82, 2.24) is 0 Å². The van der Waals surface area contributed by atoms with Gasteiger partial charge in [-0.25, -0.2) is 18.1 Å². The summed E-state index contributed by atoms with van der Waals surface area (Å²) in [5.41, 5.74) is 10.3. The molecule has 0 amide bonds. The second-order valence-electron chi connectivity index (χ2n) is 17.5. The molecule has 0 spiro atoms. The first-order chi connectivity index (χ1) is 27.7. The number of hydrogen-bond acceptors (Lipinski definition) is 0. The summed E-state index contributed by atoms with van der Waals surface area (Å²) in [5, 5.41) is 5.85.